The third kappa shape index (κ3) is 17.0. The topological polar surface area (TPSA) is 231 Å². The van der Waals surface area contributed by atoms with Gasteiger partial charge in [-0.15, -0.1) is 0 Å². The lowest BCUT2D eigenvalue weighted by Crippen LogP contribution is -2.55. The fourth-order valence-corrected chi connectivity index (χ4v) is 9.94. The van der Waals surface area contributed by atoms with Crippen LogP contribution in [0.4, 0.5) is 0 Å². The zero-order valence-electron chi connectivity index (χ0n) is 40.3. The second kappa shape index (κ2) is 27.9. The number of ether oxygens (including phenoxy) is 3. The highest BCUT2D eigenvalue weighted by Gasteiger charge is 2.43. The second-order valence-corrected chi connectivity index (χ2v) is 20.0. The summed E-state index contributed by atoms with van der Waals surface area (Å²) in [5, 5.41) is 8.83. The molecule has 0 aromatic heterocycles. The number of carbonyl (C=O) groups is 4. The predicted octanol–water partition coefficient (Wildman–Crippen LogP) is 3.85. The molecule has 64 heavy (non-hydrogen) atoms. The van der Waals surface area contributed by atoms with E-state index in [0.717, 1.165) is 12.0 Å². The van der Waals surface area contributed by atoms with E-state index < -0.39 is 67.3 Å². The molecule has 1 aromatic rings. The van der Waals surface area contributed by atoms with Crippen LogP contribution in [0, 0.1) is 17.8 Å². The average Bonchev–Trinajstić information content (AvgIpc) is 3.74. The number of carbonyl (C=O) groups excluding carboxylic acids is 4. The van der Waals surface area contributed by atoms with Crippen molar-refractivity contribution in [3.63, 3.8) is 0 Å². The Bertz CT molecular complexity index is 1740. The maximum Gasteiger partial charge on any atom is 0.247 e. The Labute approximate surface area is 381 Å². The molecule has 4 amide bonds. The van der Waals surface area contributed by atoms with Crippen molar-refractivity contribution in [2.45, 2.75) is 103 Å². The number of hydrogen-bond donors (Lipinski definition) is 3. The second-order valence-electron chi connectivity index (χ2n) is 17.4. The molecule has 1 aliphatic rings. The maximum absolute atomic E-state index is 14.3. The van der Waals surface area contributed by atoms with Crippen LogP contribution in [0.5, 0.6) is 0 Å². The van der Waals surface area contributed by atoms with Gasteiger partial charge in [0, 0.05) is 80.5 Å². The van der Waals surface area contributed by atoms with E-state index in [4.69, 9.17) is 24.7 Å². The maximum atomic E-state index is 14.3. The van der Waals surface area contributed by atoms with Crippen molar-refractivity contribution < 1.29 is 42.8 Å². The van der Waals surface area contributed by atoms with Crippen LogP contribution < -0.4 is 10.6 Å². The molecule has 20 heteroatoms. The Morgan fingerprint density at radius 2 is 1.66 bits per heavy atom. The summed E-state index contributed by atoms with van der Waals surface area (Å²) in [4.78, 5) is 81.4. The van der Waals surface area contributed by atoms with Gasteiger partial charge in [-0.1, -0.05) is 76.5 Å². The average molecular weight is 921 g/mol. The predicted molar refractivity (Wildman–Crippen MR) is 249 cm³/mol. The molecule has 0 bridgehead atoms. The van der Waals surface area contributed by atoms with Gasteiger partial charge in [0.2, 0.25) is 31.0 Å². The number of nitrogens with zero attached hydrogens (tertiary/aromatic N) is 8. The molecule has 0 spiro atoms. The molecule has 1 unspecified atom stereocenters. The minimum absolute atomic E-state index is 0.00211. The van der Waals surface area contributed by atoms with E-state index in [-0.39, 0.29) is 69.3 Å². The number of likely N-dealkylation sites (N-methyl/N-ethyl adjacent to an activating group) is 1. The number of guanidine groups is 1. The molecule has 19 nitrogen and oxygen atoms in total. The summed E-state index contributed by atoms with van der Waals surface area (Å²) < 4.78 is 31.2. The van der Waals surface area contributed by atoms with Gasteiger partial charge in [-0.25, -0.2) is 4.99 Å². The highest BCUT2D eigenvalue weighted by molar-refractivity contribution is 7.59. The lowest BCUT2D eigenvalue weighted by molar-refractivity contribution is -0.146. The van der Waals surface area contributed by atoms with Crippen LogP contribution in [0.2, 0.25) is 0 Å². The van der Waals surface area contributed by atoms with Gasteiger partial charge in [0.25, 0.3) is 0 Å². The van der Waals surface area contributed by atoms with Crippen LogP contribution in [0.15, 0.2) is 40.4 Å². The molecule has 0 aliphatic carbocycles. The Hall–Kier alpha value is -4.25. The largest absolute Gasteiger partial charge is 0.379 e. The normalized spacial score (nSPS) is 18.0. The Balaban J connectivity index is 2.25. The first-order valence-electron chi connectivity index (χ1n) is 22.3. The van der Waals surface area contributed by atoms with Crippen LogP contribution in [0.1, 0.15) is 65.9 Å². The Kier molecular flexibility index (Phi) is 24.4. The molecule has 1 aliphatic heterocycles. The van der Waals surface area contributed by atoms with E-state index in [2.05, 4.69) is 20.7 Å². The number of nitrogens with one attached hydrogen (secondary N) is 2. The fourth-order valence-electron chi connectivity index (χ4n) is 8.29. The number of amides is 4. The van der Waals surface area contributed by atoms with Crippen LogP contribution in [0.25, 0.3) is 10.4 Å². The van der Waals surface area contributed by atoms with Gasteiger partial charge in [-0.05, 0) is 42.2 Å². The van der Waals surface area contributed by atoms with E-state index in [1.165, 1.54) is 7.11 Å². The number of azide groups is 1. The molecule has 0 radical (unpaired) electrons. The van der Waals surface area contributed by atoms with Gasteiger partial charge in [0.1, 0.15) is 12.2 Å². The van der Waals surface area contributed by atoms with Crippen LogP contribution in [-0.4, -0.2) is 185 Å². The molecular weight excluding hydrogens is 844 g/mol. The smallest absolute Gasteiger partial charge is 0.247 e. The fraction of sp³-hybridized carbons (Fsp3) is 0.750. The van der Waals surface area contributed by atoms with Crippen molar-refractivity contribution >= 4 is 37.0 Å². The number of hydrogen-bond acceptors (Lipinski definition) is 10. The molecule has 1 heterocycles. The Morgan fingerprint density at radius 1 is 1.00 bits per heavy atom. The van der Waals surface area contributed by atoms with Crippen molar-refractivity contribution in [3.05, 3.63) is 46.3 Å². The monoisotopic (exact) mass is 921 g/mol. The summed E-state index contributed by atoms with van der Waals surface area (Å²) in [7, 11) is 8.18. The van der Waals surface area contributed by atoms with E-state index >= 15 is 0 Å². The van der Waals surface area contributed by atoms with Crippen LogP contribution in [-0.2, 0) is 44.4 Å². The van der Waals surface area contributed by atoms with Gasteiger partial charge >= 0.3 is 0 Å². The number of rotatable bonds is 27. The molecule has 9 atom stereocenters. The first-order valence-corrected chi connectivity index (χ1v) is 24.2. The zero-order chi connectivity index (χ0) is 48.1. The first-order chi connectivity index (χ1) is 30.2. The molecular formula is C44H77N10O9P. The van der Waals surface area contributed by atoms with Crippen LogP contribution >= 0.6 is 7.37 Å². The van der Waals surface area contributed by atoms with Crippen molar-refractivity contribution in [1.82, 2.24) is 30.2 Å². The van der Waals surface area contributed by atoms with Crippen molar-refractivity contribution in [1.29, 1.82) is 0 Å². The summed E-state index contributed by atoms with van der Waals surface area (Å²) >= 11 is 0. The summed E-state index contributed by atoms with van der Waals surface area (Å²) in [5.41, 5.74) is 8.16. The molecule has 1 saturated heterocycles. The molecule has 1 fully saturated rings. The van der Waals surface area contributed by atoms with Gasteiger partial charge in [0.05, 0.1) is 55.5 Å². The molecule has 0 saturated carbocycles. The van der Waals surface area contributed by atoms with Crippen molar-refractivity contribution in [3.8, 4) is 0 Å². The van der Waals surface area contributed by atoms with Gasteiger partial charge in [0.15, 0.2) is 5.96 Å². The van der Waals surface area contributed by atoms with E-state index in [0.29, 0.717) is 25.3 Å². The highest BCUT2D eigenvalue weighted by atomic mass is 31.2. The minimum atomic E-state index is -4.18. The SMILES string of the molecule is CC[C@H](C)[C@@H]([C@@H](CC(=O)N1CCC[C@H]1[C@H](OC)[C@@H](C)C(=O)NC[C@@H](Cc1ccccc1)P(=O)(O)CC(=O)NCCOCCN=[N+]=[N-])OC)N(C)C(=O)[C@@H](N=C(N(C)C)N(C)C)C(C)C. The third-order valence-electron chi connectivity index (χ3n) is 11.9. The number of benzene rings is 1. The molecule has 362 valence electrons. The standard InChI is InChI=1S/C44H77N10O9P/c1-13-31(4)40(53(10)43(58)39(30(2)3)49-44(51(6)7)52(8)9)36(61-11)27-38(56)54-23-17-20-35(54)41(62-12)32(5)42(57)47-28-34(26-33-18-15-14-16-19-33)64(59,60)29-37(55)46-21-24-63-25-22-48-50-45/h14-16,18-19,30-32,34-36,39-41H,13,17,20-29H2,1-12H3,(H,46,55)(H,47,57)(H,59,60)/t31-,32+,34+,35-,36+,39-,40-,41+/m0/s1. The lowest BCUT2D eigenvalue weighted by atomic mass is 9.89. The number of aliphatic imine (C=N–C) groups is 1. The zero-order valence-corrected chi connectivity index (χ0v) is 41.2. The van der Waals surface area contributed by atoms with Crippen molar-refractivity contribution in [2.24, 2.45) is 27.9 Å². The number of likely N-dealkylation sites (tertiary alicyclic amines) is 1. The quantitative estimate of drug-likeness (QED) is 0.0218. The van der Waals surface area contributed by atoms with Gasteiger partial charge in [-0.3, -0.25) is 23.7 Å². The van der Waals surface area contributed by atoms with Gasteiger partial charge in [-0.2, -0.15) is 0 Å². The van der Waals surface area contributed by atoms with Gasteiger partial charge < -0.3 is 49.3 Å². The summed E-state index contributed by atoms with van der Waals surface area (Å²) in [6, 6.07) is 7.53. The number of methoxy groups -OCH3 is 2. The lowest BCUT2D eigenvalue weighted by Gasteiger charge is -2.40. The summed E-state index contributed by atoms with van der Waals surface area (Å²) in [6.45, 7) is 10.6. The summed E-state index contributed by atoms with van der Waals surface area (Å²) in [5.74, 6) is -1.63. The highest BCUT2D eigenvalue weighted by Crippen LogP contribution is 2.47. The van der Waals surface area contributed by atoms with E-state index in [9.17, 15) is 28.6 Å². The molecule has 1 aromatic carbocycles. The minimum Gasteiger partial charge on any atom is -0.379 e. The Morgan fingerprint density at radius 3 is 2.22 bits per heavy atom. The molecule has 2 rings (SSSR count). The van der Waals surface area contributed by atoms with E-state index in [1.54, 1.807) is 30.9 Å². The van der Waals surface area contributed by atoms with E-state index in [1.807, 2.05) is 96.0 Å². The van der Waals surface area contributed by atoms with Crippen molar-refractivity contribution in [2.75, 3.05) is 95.0 Å². The van der Waals surface area contributed by atoms with Crippen LogP contribution in [0.3, 0.4) is 0 Å². The summed E-state index contributed by atoms with van der Waals surface area (Å²) in [6.07, 6.45) is 0.159. The third-order valence-corrected chi connectivity index (χ3v) is 14.2. The first kappa shape index (κ1) is 55.9. The molecule has 3 N–H and O–H groups in total.